The monoisotopic (exact) mass is 229 g/mol. The lowest BCUT2D eigenvalue weighted by Crippen LogP contribution is -2.18. The van der Waals surface area contributed by atoms with Crippen molar-refractivity contribution in [3.05, 3.63) is 29.8 Å². The van der Waals surface area contributed by atoms with Gasteiger partial charge in [-0.05, 0) is 17.7 Å². The minimum atomic E-state index is -2.86. The van der Waals surface area contributed by atoms with Crippen LogP contribution in [-0.4, -0.2) is 19.3 Å². The molecule has 1 aliphatic rings. The number of rotatable bonds is 3. The molecule has 86 valence electrons. The Morgan fingerprint density at radius 3 is 2.94 bits per heavy atom. The van der Waals surface area contributed by atoms with Gasteiger partial charge in [-0.15, -0.1) is 0 Å². The van der Waals surface area contributed by atoms with E-state index >= 15 is 0 Å². The van der Waals surface area contributed by atoms with Gasteiger partial charge >= 0.3 is 12.7 Å². The van der Waals surface area contributed by atoms with Gasteiger partial charge in [0.25, 0.3) is 0 Å². The number of carbonyl (C=O) groups excluding carboxylic acids is 1. The van der Waals surface area contributed by atoms with E-state index in [1.165, 1.54) is 12.1 Å². The number of amides is 1. The van der Waals surface area contributed by atoms with Gasteiger partial charge in [0.2, 0.25) is 0 Å². The van der Waals surface area contributed by atoms with Crippen molar-refractivity contribution in [3.63, 3.8) is 0 Å². The van der Waals surface area contributed by atoms with Crippen LogP contribution in [0.25, 0.3) is 0 Å². The standard InChI is InChI=1S/C10H9F2NO3/c11-9(12)16-7-3-1-2-6(4-7)8-5-15-10(14)13-8/h1-4,8-9H,5H2,(H,13,14)/t8-/m1/s1. The van der Waals surface area contributed by atoms with Crippen LogP contribution in [-0.2, 0) is 4.74 Å². The molecule has 6 heteroatoms. The van der Waals surface area contributed by atoms with Crippen LogP contribution in [0, 0.1) is 0 Å². The molecule has 0 bridgehead atoms. The smallest absolute Gasteiger partial charge is 0.407 e. The van der Waals surface area contributed by atoms with E-state index < -0.39 is 12.7 Å². The maximum atomic E-state index is 12.0. The fourth-order valence-corrected chi connectivity index (χ4v) is 1.47. The summed E-state index contributed by atoms with van der Waals surface area (Å²) in [6.07, 6.45) is -0.509. The molecule has 0 aromatic heterocycles. The zero-order valence-corrected chi connectivity index (χ0v) is 8.15. The molecule has 1 aromatic rings. The first-order chi connectivity index (χ1) is 7.65. The third-order valence-electron chi connectivity index (χ3n) is 2.16. The van der Waals surface area contributed by atoms with Gasteiger partial charge in [-0.25, -0.2) is 4.79 Å². The second-order valence-electron chi connectivity index (χ2n) is 3.25. The normalized spacial score (nSPS) is 19.4. The fourth-order valence-electron chi connectivity index (χ4n) is 1.47. The number of ether oxygens (including phenoxy) is 2. The van der Waals surface area contributed by atoms with Crippen LogP contribution in [0.15, 0.2) is 24.3 Å². The number of halogens is 2. The summed E-state index contributed by atoms with van der Waals surface area (Å²) in [6, 6.07) is 5.85. The van der Waals surface area contributed by atoms with Gasteiger partial charge < -0.3 is 14.8 Å². The molecule has 1 atom stereocenters. The van der Waals surface area contributed by atoms with Gasteiger partial charge in [-0.2, -0.15) is 8.78 Å². The summed E-state index contributed by atoms with van der Waals surface area (Å²) in [7, 11) is 0. The summed E-state index contributed by atoms with van der Waals surface area (Å²) < 4.78 is 32.9. The fraction of sp³-hybridized carbons (Fsp3) is 0.300. The Labute approximate surface area is 90.2 Å². The molecule has 1 saturated heterocycles. The molecule has 0 aliphatic carbocycles. The van der Waals surface area contributed by atoms with Crippen LogP contribution in [0.5, 0.6) is 5.75 Å². The highest BCUT2D eigenvalue weighted by Gasteiger charge is 2.24. The molecule has 1 aromatic carbocycles. The largest absolute Gasteiger partial charge is 0.447 e. The van der Waals surface area contributed by atoms with E-state index in [-0.39, 0.29) is 18.4 Å². The second-order valence-corrected chi connectivity index (χ2v) is 3.25. The Bertz CT molecular complexity index is 397. The van der Waals surface area contributed by atoms with Crippen molar-refractivity contribution in [1.82, 2.24) is 5.32 Å². The third-order valence-corrected chi connectivity index (χ3v) is 2.16. The van der Waals surface area contributed by atoms with Crippen molar-refractivity contribution in [1.29, 1.82) is 0 Å². The first-order valence-corrected chi connectivity index (χ1v) is 4.63. The summed E-state index contributed by atoms with van der Waals surface area (Å²) in [6.45, 7) is -2.67. The molecule has 0 unspecified atom stereocenters. The maximum Gasteiger partial charge on any atom is 0.407 e. The Balaban J connectivity index is 2.12. The molecule has 1 N–H and O–H groups in total. The van der Waals surface area contributed by atoms with Crippen LogP contribution in [0.4, 0.5) is 13.6 Å². The number of hydrogen-bond donors (Lipinski definition) is 1. The van der Waals surface area contributed by atoms with Crippen molar-refractivity contribution < 1.29 is 23.0 Å². The lowest BCUT2D eigenvalue weighted by molar-refractivity contribution is -0.0499. The lowest BCUT2D eigenvalue weighted by atomic mass is 10.1. The van der Waals surface area contributed by atoms with Crippen LogP contribution in [0.3, 0.4) is 0 Å². The highest BCUT2D eigenvalue weighted by molar-refractivity contribution is 5.70. The summed E-state index contributed by atoms with van der Waals surface area (Å²) in [4.78, 5) is 10.8. The van der Waals surface area contributed by atoms with Crippen molar-refractivity contribution in [2.24, 2.45) is 0 Å². The Hall–Kier alpha value is -1.85. The summed E-state index contributed by atoms with van der Waals surface area (Å²) in [5, 5.41) is 2.55. The number of nitrogens with one attached hydrogen (secondary N) is 1. The molecule has 2 rings (SSSR count). The highest BCUT2D eigenvalue weighted by atomic mass is 19.3. The Morgan fingerprint density at radius 2 is 2.31 bits per heavy atom. The third kappa shape index (κ3) is 2.39. The summed E-state index contributed by atoms with van der Waals surface area (Å²) in [5.41, 5.74) is 0.670. The molecular weight excluding hydrogens is 220 g/mol. The molecule has 0 spiro atoms. The topological polar surface area (TPSA) is 47.6 Å². The average Bonchev–Trinajstić information content (AvgIpc) is 2.64. The van der Waals surface area contributed by atoms with Gasteiger partial charge in [0.05, 0.1) is 6.04 Å². The van der Waals surface area contributed by atoms with Gasteiger partial charge in [0.1, 0.15) is 12.4 Å². The van der Waals surface area contributed by atoms with Crippen LogP contribution >= 0.6 is 0 Å². The van der Waals surface area contributed by atoms with E-state index in [1.54, 1.807) is 12.1 Å². The minimum Gasteiger partial charge on any atom is -0.447 e. The van der Waals surface area contributed by atoms with Crippen LogP contribution < -0.4 is 10.1 Å². The molecule has 4 nitrogen and oxygen atoms in total. The molecule has 1 fully saturated rings. The quantitative estimate of drug-likeness (QED) is 0.863. The SMILES string of the molecule is O=C1N[C@@H](c2cccc(OC(F)F)c2)CO1. The molecule has 0 radical (unpaired) electrons. The zero-order chi connectivity index (χ0) is 11.5. The van der Waals surface area contributed by atoms with E-state index in [4.69, 9.17) is 4.74 Å². The predicted octanol–water partition coefficient (Wildman–Crippen LogP) is 2.07. The van der Waals surface area contributed by atoms with Crippen molar-refractivity contribution >= 4 is 6.09 Å². The van der Waals surface area contributed by atoms with E-state index in [1.807, 2.05) is 0 Å². The number of alkyl halides is 2. The second kappa shape index (κ2) is 4.34. The van der Waals surface area contributed by atoms with Crippen LogP contribution in [0.1, 0.15) is 11.6 Å². The molecule has 1 aliphatic heterocycles. The molecule has 0 saturated carbocycles. The highest BCUT2D eigenvalue weighted by Crippen LogP contribution is 2.23. The lowest BCUT2D eigenvalue weighted by Gasteiger charge is -2.10. The first-order valence-electron chi connectivity index (χ1n) is 4.63. The summed E-state index contributed by atoms with van der Waals surface area (Å²) in [5.74, 6) is 0.0636. The van der Waals surface area contributed by atoms with Gasteiger partial charge in [-0.1, -0.05) is 12.1 Å². The Kier molecular flexibility index (Phi) is 2.89. The van der Waals surface area contributed by atoms with E-state index in [0.29, 0.717) is 5.56 Å². The molecule has 1 amide bonds. The van der Waals surface area contributed by atoms with Gasteiger partial charge in [-0.3, -0.25) is 0 Å². The summed E-state index contributed by atoms with van der Waals surface area (Å²) >= 11 is 0. The minimum absolute atomic E-state index is 0.0636. The van der Waals surface area contributed by atoms with E-state index in [9.17, 15) is 13.6 Å². The average molecular weight is 229 g/mol. The Morgan fingerprint density at radius 1 is 1.50 bits per heavy atom. The zero-order valence-electron chi connectivity index (χ0n) is 8.15. The molecule has 16 heavy (non-hydrogen) atoms. The van der Waals surface area contributed by atoms with Crippen LogP contribution in [0.2, 0.25) is 0 Å². The number of benzene rings is 1. The maximum absolute atomic E-state index is 12.0. The van der Waals surface area contributed by atoms with Gasteiger partial charge in [0.15, 0.2) is 0 Å². The number of cyclic esters (lactones) is 1. The van der Waals surface area contributed by atoms with Gasteiger partial charge in [0, 0.05) is 0 Å². The first kappa shape index (κ1) is 10.7. The molecular formula is C10H9F2NO3. The number of carbonyl (C=O) groups is 1. The molecule has 1 heterocycles. The van der Waals surface area contributed by atoms with E-state index in [2.05, 4.69) is 10.1 Å². The number of alkyl carbamates (subject to hydrolysis) is 1. The predicted molar refractivity (Wildman–Crippen MR) is 50.3 cm³/mol. The van der Waals surface area contributed by atoms with Crippen molar-refractivity contribution in [2.45, 2.75) is 12.7 Å². The van der Waals surface area contributed by atoms with E-state index in [0.717, 1.165) is 0 Å². The number of hydrogen-bond acceptors (Lipinski definition) is 3. The van der Waals surface area contributed by atoms with Crippen molar-refractivity contribution in [2.75, 3.05) is 6.61 Å². The van der Waals surface area contributed by atoms with Crippen molar-refractivity contribution in [3.8, 4) is 5.75 Å².